The van der Waals surface area contributed by atoms with Crippen LogP contribution < -0.4 is 0 Å². The number of rotatable bonds is 6. The number of carbonyl (C=O) groups is 2. The summed E-state index contributed by atoms with van der Waals surface area (Å²) >= 11 is 0. The van der Waals surface area contributed by atoms with E-state index in [1.807, 2.05) is 24.3 Å². The molecule has 0 aromatic heterocycles. The Morgan fingerprint density at radius 1 is 0.567 bits per heavy atom. The van der Waals surface area contributed by atoms with Crippen LogP contribution in [0.5, 0.6) is 11.5 Å². The zero-order valence-corrected chi connectivity index (χ0v) is 16.8. The molecule has 150 valence electrons. The quantitative estimate of drug-likeness (QED) is 0.433. The van der Waals surface area contributed by atoms with Gasteiger partial charge in [0.05, 0.1) is 0 Å². The molecule has 0 aliphatic carbocycles. The van der Waals surface area contributed by atoms with Gasteiger partial charge in [0.1, 0.15) is 11.5 Å². The van der Waals surface area contributed by atoms with Gasteiger partial charge in [0.25, 0.3) is 0 Å². The van der Waals surface area contributed by atoms with E-state index in [1.54, 1.807) is 60.7 Å². The summed E-state index contributed by atoms with van der Waals surface area (Å²) < 4.78 is 0. The summed E-state index contributed by atoms with van der Waals surface area (Å²) in [7, 11) is 0. The lowest BCUT2D eigenvalue weighted by Crippen LogP contribution is -1.96. The molecule has 4 heteroatoms. The molecule has 0 aliphatic heterocycles. The Bertz CT molecular complexity index is 1020. The fourth-order valence-electron chi connectivity index (χ4n) is 3.08. The van der Waals surface area contributed by atoms with Gasteiger partial charge < -0.3 is 10.2 Å². The first-order chi connectivity index (χ1) is 14.3. The standard InChI is InChI=1S/C26H22O4/c1-17(27)25(21-7-11-23(29)12-8-21)15-19-3-5-20(6-4-19)16-26(18(2)28)22-9-13-24(30)14-10-22/h3-16,29-30H,1-2H3/b25-15-,26-16?. The maximum Gasteiger partial charge on any atom is 0.160 e. The van der Waals surface area contributed by atoms with Gasteiger partial charge in [0.2, 0.25) is 0 Å². The molecular weight excluding hydrogens is 376 g/mol. The molecule has 0 amide bonds. The van der Waals surface area contributed by atoms with Crippen LogP contribution in [-0.4, -0.2) is 21.8 Å². The molecule has 0 saturated carbocycles. The van der Waals surface area contributed by atoms with Crippen molar-refractivity contribution in [1.29, 1.82) is 0 Å². The van der Waals surface area contributed by atoms with E-state index in [2.05, 4.69) is 0 Å². The molecule has 3 rings (SSSR count). The first kappa shape index (κ1) is 20.8. The normalized spacial score (nSPS) is 11.9. The summed E-state index contributed by atoms with van der Waals surface area (Å²) in [6.07, 6.45) is 3.60. The number of aromatic hydroxyl groups is 2. The van der Waals surface area contributed by atoms with E-state index < -0.39 is 0 Å². The molecule has 0 unspecified atom stereocenters. The molecular formula is C26H22O4. The maximum absolute atomic E-state index is 12.1. The number of allylic oxidation sites excluding steroid dienone is 2. The van der Waals surface area contributed by atoms with E-state index >= 15 is 0 Å². The van der Waals surface area contributed by atoms with Crippen LogP contribution in [0.3, 0.4) is 0 Å². The Hall–Kier alpha value is -3.92. The van der Waals surface area contributed by atoms with Crippen LogP contribution in [0.4, 0.5) is 0 Å². The van der Waals surface area contributed by atoms with Gasteiger partial charge in [-0.1, -0.05) is 48.5 Å². The number of Topliss-reactive ketones (excluding diaryl/α,β-unsaturated/α-hetero) is 2. The van der Waals surface area contributed by atoms with Gasteiger partial charge in [0, 0.05) is 11.1 Å². The van der Waals surface area contributed by atoms with Gasteiger partial charge in [-0.15, -0.1) is 0 Å². The Balaban J connectivity index is 1.92. The van der Waals surface area contributed by atoms with Crippen molar-refractivity contribution in [1.82, 2.24) is 0 Å². The second kappa shape index (κ2) is 9.05. The van der Waals surface area contributed by atoms with Gasteiger partial charge in [-0.05, 0) is 72.5 Å². The monoisotopic (exact) mass is 398 g/mol. The molecule has 0 fully saturated rings. The van der Waals surface area contributed by atoms with Gasteiger partial charge >= 0.3 is 0 Å². The lowest BCUT2D eigenvalue weighted by molar-refractivity contribution is -0.112. The number of benzene rings is 3. The molecule has 0 spiro atoms. The summed E-state index contributed by atoms with van der Waals surface area (Å²) in [5, 5.41) is 18.9. The van der Waals surface area contributed by atoms with Crippen molar-refractivity contribution in [2.45, 2.75) is 13.8 Å². The summed E-state index contributed by atoms with van der Waals surface area (Å²) in [6, 6.07) is 20.5. The van der Waals surface area contributed by atoms with Crippen molar-refractivity contribution in [2.75, 3.05) is 0 Å². The lowest BCUT2D eigenvalue weighted by atomic mass is 9.97. The highest BCUT2D eigenvalue weighted by Gasteiger charge is 2.09. The van der Waals surface area contributed by atoms with Crippen molar-refractivity contribution in [3.05, 3.63) is 95.1 Å². The van der Waals surface area contributed by atoms with Crippen LogP contribution in [0.2, 0.25) is 0 Å². The van der Waals surface area contributed by atoms with Gasteiger partial charge in [-0.25, -0.2) is 0 Å². The predicted molar refractivity (Wildman–Crippen MR) is 120 cm³/mol. The van der Waals surface area contributed by atoms with Crippen LogP contribution in [0.1, 0.15) is 36.1 Å². The predicted octanol–water partition coefficient (Wildman–Crippen LogP) is 5.36. The summed E-state index contributed by atoms with van der Waals surface area (Å²) in [5.74, 6) is 0.145. The van der Waals surface area contributed by atoms with Crippen molar-refractivity contribution < 1.29 is 19.8 Å². The smallest absolute Gasteiger partial charge is 0.160 e. The molecule has 0 heterocycles. The topological polar surface area (TPSA) is 74.6 Å². The van der Waals surface area contributed by atoms with Crippen LogP contribution in [-0.2, 0) is 9.59 Å². The first-order valence-corrected chi connectivity index (χ1v) is 9.47. The Labute approximate surface area is 175 Å². The Kier molecular flexibility index (Phi) is 6.28. The van der Waals surface area contributed by atoms with Crippen molar-refractivity contribution in [2.24, 2.45) is 0 Å². The molecule has 0 aliphatic rings. The lowest BCUT2D eigenvalue weighted by Gasteiger charge is -2.07. The highest BCUT2D eigenvalue weighted by molar-refractivity contribution is 6.25. The minimum absolute atomic E-state index is 0.0733. The Morgan fingerprint density at radius 3 is 1.13 bits per heavy atom. The van der Waals surface area contributed by atoms with Crippen molar-refractivity contribution >= 4 is 34.9 Å². The molecule has 30 heavy (non-hydrogen) atoms. The second-order valence-corrected chi connectivity index (χ2v) is 6.99. The largest absolute Gasteiger partial charge is 0.508 e. The van der Waals surface area contributed by atoms with Gasteiger partial charge in [0.15, 0.2) is 11.6 Å². The second-order valence-electron chi connectivity index (χ2n) is 6.99. The average Bonchev–Trinajstić information content (AvgIpc) is 2.72. The molecule has 0 bridgehead atoms. The molecule has 0 saturated heterocycles. The molecule has 0 atom stereocenters. The zero-order chi connectivity index (χ0) is 21.7. The van der Waals surface area contributed by atoms with Crippen LogP contribution in [0.25, 0.3) is 23.3 Å². The average molecular weight is 398 g/mol. The molecule has 2 N–H and O–H groups in total. The summed E-state index contributed by atoms with van der Waals surface area (Å²) in [4.78, 5) is 24.2. The third kappa shape index (κ3) is 5.11. The van der Waals surface area contributed by atoms with E-state index in [1.165, 1.54) is 13.8 Å². The molecule has 3 aromatic carbocycles. The number of hydrogen-bond acceptors (Lipinski definition) is 4. The summed E-state index contributed by atoms with van der Waals surface area (Å²) in [6.45, 7) is 3.01. The first-order valence-electron chi connectivity index (χ1n) is 9.47. The van der Waals surface area contributed by atoms with Gasteiger partial charge in [-0.3, -0.25) is 9.59 Å². The van der Waals surface area contributed by atoms with E-state index in [-0.39, 0.29) is 23.1 Å². The van der Waals surface area contributed by atoms with E-state index in [0.29, 0.717) is 11.1 Å². The fraction of sp³-hybridized carbons (Fsp3) is 0.0769. The van der Waals surface area contributed by atoms with Crippen LogP contribution >= 0.6 is 0 Å². The molecule has 4 nitrogen and oxygen atoms in total. The summed E-state index contributed by atoms with van der Waals surface area (Å²) in [5.41, 5.74) is 4.25. The van der Waals surface area contributed by atoms with Crippen LogP contribution in [0.15, 0.2) is 72.8 Å². The number of carbonyl (C=O) groups excluding carboxylic acids is 2. The van der Waals surface area contributed by atoms with Crippen molar-refractivity contribution in [3.63, 3.8) is 0 Å². The Morgan fingerprint density at radius 2 is 0.867 bits per heavy atom. The number of ketones is 2. The SMILES string of the molecule is CC(=O)C(=Cc1ccc(/C=C(/C(C)=O)c2ccc(O)cc2)cc1)c1ccc(O)cc1. The van der Waals surface area contributed by atoms with Gasteiger partial charge in [-0.2, -0.15) is 0 Å². The highest BCUT2D eigenvalue weighted by Crippen LogP contribution is 2.24. The van der Waals surface area contributed by atoms with Crippen LogP contribution in [0, 0.1) is 0 Å². The number of phenolic OH excluding ortho intramolecular Hbond substituents is 2. The third-order valence-electron chi connectivity index (χ3n) is 4.67. The highest BCUT2D eigenvalue weighted by atomic mass is 16.3. The maximum atomic E-state index is 12.1. The number of phenols is 2. The van der Waals surface area contributed by atoms with E-state index in [4.69, 9.17) is 0 Å². The zero-order valence-electron chi connectivity index (χ0n) is 16.8. The van der Waals surface area contributed by atoms with E-state index in [0.717, 1.165) is 22.3 Å². The van der Waals surface area contributed by atoms with Crippen molar-refractivity contribution in [3.8, 4) is 11.5 Å². The third-order valence-corrected chi connectivity index (χ3v) is 4.67. The minimum Gasteiger partial charge on any atom is -0.508 e. The minimum atomic E-state index is -0.0733. The number of hydrogen-bond donors (Lipinski definition) is 2. The fourth-order valence-corrected chi connectivity index (χ4v) is 3.08. The molecule has 0 radical (unpaired) electrons. The van der Waals surface area contributed by atoms with E-state index in [9.17, 15) is 19.8 Å². The molecule has 3 aromatic rings.